The van der Waals surface area contributed by atoms with E-state index in [-0.39, 0.29) is 6.61 Å². The second-order valence-electron chi connectivity index (χ2n) is 3.25. The molecule has 16 heavy (non-hydrogen) atoms. The highest BCUT2D eigenvalue weighted by atomic mass is 19.3. The first-order valence-corrected chi connectivity index (χ1v) is 5.02. The Bertz CT molecular complexity index is 293. The fourth-order valence-corrected chi connectivity index (χ4v) is 1.14. The fraction of sp³-hybridized carbons (Fsp3) is 0.600. The van der Waals surface area contributed by atoms with Crippen LogP contribution in [0.4, 0.5) is 8.78 Å². The molecule has 0 saturated carbocycles. The van der Waals surface area contributed by atoms with Gasteiger partial charge in [0.2, 0.25) is 0 Å². The number of hydrogen-bond acceptors (Lipinski definition) is 4. The van der Waals surface area contributed by atoms with Crippen LogP contribution in [0.2, 0.25) is 0 Å². The lowest BCUT2D eigenvalue weighted by Crippen LogP contribution is -2.10. The minimum atomic E-state index is -2.42. The fourth-order valence-electron chi connectivity index (χ4n) is 1.14. The molecule has 1 N–H and O–H groups in total. The summed E-state index contributed by atoms with van der Waals surface area (Å²) < 4.78 is 28.2. The van der Waals surface area contributed by atoms with Crippen LogP contribution in [0.25, 0.3) is 0 Å². The molecule has 90 valence electrons. The van der Waals surface area contributed by atoms with Crippen molar-refractivity contribution in [1.29, 1.82) is 0 Å². The summed E-state index contributed by atoms with van der Waals surface area (Å²) in [6.07, 6.45) is 1.46. The summed E-state index contributed by atoms with van der Waals surface area (Å²) in [5, 5.41) is 2.98. The molecular weight excluding hydrogens is 216 g/mol. The van der Waals surface area contributed by atoms with Gasteiger partial charge in [0, 0.05) is 30.9 Å². The van der Waals surface area contributed by atoms with Crippen molar-refractivity contribution < 1.29 is 13.5 Å². The quantitative estimate of drug-likeness (QED) is 0.712. The lowest BCUT2D eigenvalue weighted by Gasteiger charge is -2.03. The molecule has 1 heterocycles. The van der Waals surface area contributed by atoms with E-state index in [0.29, 0.717) is 18.8 Å². The van der Waals surface area contributed by atoms with Gasteiger partial charge in [0.1, 0.15) is 12.4 Å². The molecule has 1 rings (SSSR count). The zero-order chi connectivity index (χ0) is 11.8. The highest BCUT2D eigenvalue weighted by Crippen LogP contribution is 1.98. The molecule has 1 aromatic rings. The van der Waals surface area contributed by atoms with E-state index < -0.39 is 13.0 Å². The van der Waals surface area contributed by atoms with Crippen molar-refractivity contribution in [3.8, 4) is 0 Å². The predicted molar refractivity (Wildman–Crippen MR) is 55.3 cm³/mol. The van der Waals surface area contributed by atoms with Crippen molar-refractivity contribution in [1.82, 2.24) is 15.3 Å². The van der Waals surface area contributed by atoms with E-state index in [9.17, 15) is 8.78 Å². The summed E-state index contributed by atoms with van der Waals surface area (Å²) in [6, 6.07) is 0. The van der Waals surface area contributed by atoms with Gasteiger partial charge < -0.3 is 10.1 Å². The molecule has 4 nitrogen and oxygen atoms in total. The number of aromatic nitrogens is 2. The number of nitrogens with one attached hydrogen (secondary N) is 1. The average molecular weight is 231 g/mol. The summed E-state index contributed by atoms with van der Waals surface area (Å²) in [6.45, 7) is 0.399. The molecule has 0 aromatic carbocycles. The van der Waals surface area contributed by atoms with Crippen molar-refractivity contribution in [2.75, 3.05) is 20.3 Å². The van der Waals surface area contributed by atoms with E-state index in [0.717, 1.165) is 5.56 Å². The molecule has 0 aliphatic heterocycles. The van der Waals surface area contributed by atoms with Crippen LogP contribution in [0.15, 0.2) is 12.4 Å². The van der Waals surface area contributed by atoms with E-state index >= 15 is 0 Å². The molecule has 0 unspecified atom stereocenters. The van der Waals surface area contributed by atoms with E-state index in [1.54, 1.807) is 12.4 Å². The molecule has 0 bridgehead atoms. The average Bonchev–Trinajstić information content (AvgIpc) is 2.27. The Hall–Kier alpha value is -1.14. The van der Waals surface area contributed by atoms with Gasteiger partial charge in [-0.2, -0.15) is 0 Å². The maximum Gasteiger partial charge on any atom is 0.261 e. The van der Waals surface area contributed by atoms with E-state index in [1.165, 1.54) is 0 Å². The Morgan fingerprint density at radius 2 is 2.06 bits per heavy atom. The highest BCUT2D eigenvalue weighted by molar-refractivity contribution is 5.04. The highest BCUT2D eigenvalue weighted by Gasteiger charge is 2.02. The maximum absolute atomic E-state index is 11.7. The van der Waals surface area contributed by atoms with Crippen molar-refractivity contribution in [2.45, 2.75) is 19.4 Å². The Kier molecular flexibility index (Phi) is 5.81. The molecule has 0 aliphatic rings. The Morgan fingerprint density at radius 3 is 2.62 bits per heavy atom. The van der Waals surface area contributed by atoms with Crippen LogP contribution in [-0.2, 0) is 17.7 Å². The molecule has 0 aliphatic carbocycles. The minimum absolute atomic E-state index is 0.218. The minimum Gasteiger partial charge on any atom is -0.375 e. The third-order valence-corrected chi connectivity index (χ3v) is 1.85. The third kappa shape index (κ3) is 5.09. The van der Waals surface area contributed by atoms with E-state index in [1.807, 2.05) is 7.05 Å². The number of ether oxygens (including phenoxy) is 1. The van der Waals surface area contributed by atoms with Gasteiger partial charge in [-0.05, 0) is 7.05 Å². The molecule has 6 heteroatoms. The van der Waals surface area contributed by atoms with E-state index in [2.05, 4.69) is 15.3 Å². The topological polar surface area (TPSA) is 47.0 Å². The van der Waals surface area contributed by atoms with Gasteiger partial charge in [0.25, 0.3) is 6.43 Å². The van der Waals surface area contributed by atoms with Gasteiger partial charge in [0.05, 0.1) is 6.61 Å². The Labute approximate surface area is 93.1 Å². The summed E-state index contributed by atoms with van der Waals surface area (Å²) in [5.74, 6) is 0.606. The van der Waals surface area contributed by atoms with Gasteiger partial charge in [-0.25, -0.2) is 18.7 Å². The van der Waals surface area contributed by atoms with Gasteiger partial charge in [0.15, 0.2) is 0 Å². The SMILES string of the molecule is CNCc1cnc(CCOCC(F)F)nc1. The third-order valence-electron chi connectivity index (χ3n) is 1.85. The predicted octanol–water partition coefficient (Wildman–Crippen LogP) is 1.02. The van der Waals surface area contributed by atoms with Crippen LogP contribution in [0.3, 0.4) is 0 Å². The first-order chi connectivity index (χ1) is 7.72. The van der Waals surface area contributed by atoms with Crippen molar-refractivity contribution in [3.63, 3.8) is 0 Å². The second-order valence-corrected chi connectivity index (χ2v) is 3.25. The summed E-state index contributed by atoms with van der Waals surface area (Å²) in [4.78, 5) is 8.19. The lowest BCUT2D eigenvalue weighted by atomic mass is 10.3. The first-order valence-electron chi connectivity index (χ1n) is 5.02. The Balaban J connectivity index is 2.26. The van der Waals surface area contributed by atoms with Crippen LogP contribution in [0, 0.1) is 0 Å². The largest absolute Gasteiger partial charge is 0.375 e. The molecule has 0 saturated heterocycles. The Morgan fingerprint density at radius 1 is 1.38 bits per heavy atom. The summed E-state index contributed by atoms with van der Waals surface area (Å²) in [5.41, 5.74) is 0.986. The molecule has 0 fully saturated rings. The van der Waals surface area contributed by atoms with Crippen LogP contribution in [0.5, 0.6) is 0 Å². The monoisotopic (exact) mass is 231 g/mol. The number of nitrogens with zero attached hydrogens (tertiary/aromatic N) is 2. The smallest absolute Gasteiger partial charge is 0.261 e. The number of hydrogen-bond donors (Lipinski definition) is 1. The molecule has 0 radical (unpaired) electrons. The van der Waals surface area contributed by atoms with Crippen LogP contribution >= 0.6 is 0 Å². The molecular formula is C10H15F2N3O. The number of halogens is 2. The molecule has 0 spiro atoms. The molecule has 1 aromatic heterocycles. The van der Waals surface area contributed by atoms with Crippen LogP contribution in [-0.4, -0.2) is 36.7 Å². The number of rotatable bonds is 7. The maximum atomic E-state index is 11.7. The van der Waals surface area contributed by atoms with Gasteiger partial charge >= 0.3 is 0 Å². The van der Waals surface area contributed by atoms with E-state index in [4.69, 9.17) is 4.74 Å². The second kappa shape index (κ2) is 7.19. The lowest BCUT2D eigenvalue weighted by molar-refractivity contribution is 0.0183. The van der Waals surface area contributed by atoms with Crippen molar-refractivity contribution in [2.24, 2.45) is 0 Å². The van der Waals surface area contributed by atoms with Crippen LogP contribution < -0.4 is 5.32 Å². The first kappa shape index (κ1) is 12.9. The number of alkyl halides is 2. The summed E-state index contributed by atoms with van der Waals surface area (Å²) >= 11 is 0. The van der Waals surface area contributed by atoms with Gasteiger partial charge in [-0.1, -0.05) is 0 Å². The molecule has 0 atom stereocenters. The zero-order valence-electron chi connectivity index (χ0n) is 9.12. The zero-order valence-corrected chi connectivity index (χ0v) is 9.12. The normalized spacial score (nSPS) is 11.0. The van der Waals surface area contributed by atoms with Crippen molar-refractivity contribution in [3.05, 3.63) is 23.8 Å². The van der Waals surface area contributed by atoms with Crippen molar-refractivity contribution >= 4 is 0 Å². The summed E-state index contributed by atoms with van der Waals surface area (Å²) in [7, 11) is 1.84. The van der Waals surface area contributed by atoms with Gasteiger partial charge in [-0.15, -0.1) is 0 Å². The standard InChI is InChI=1S/C10H15F2N3O/c1-13-4-8-5-14-10(15-6-8)2-3-16-7-9(11)12/h5-6,9,13H,2-4,7H2,1H3. The molecule has 0 amide bonds. The van der Waals surface area contributed by atoms with Gasteiger partial charge in [-0.3, -0.25) is 0 Å². The van der Waals surface area contributed by atoms with Crippen LogP contribution in [0.1, 0.15) is 11.4 Å².